The maximum Gasteiger partial charge on any atom is 0.123 e. The van der Waals surface area contributed by atoms with Crippen LogP contribution >= 0.6 is 0 Å². The molecule has 1 aromatic carbocycles. The highest BCUT2D eigenvalue weighted by molar-refractivity contribution is 5.29. The van der Waals surface area contributed by atoms with E-state index in [2.05, 4.69) is 4.98 Å². The smallest absolute Gasteiger partial charge is 0.123 e. The van der Waals surface area contributed by atoms with E-state index in [1.54, 1.807) is 13.2 Å². The second-order valence-electron chi connectivity index (χ2n) is 3.90. The molecule has 4 heteroatoms. The minimum absolute atomic E-state index is 0.447. The van der Waals surface area contributed by atoms with Gasteiger partial charge in [-0.3, -0.25) is 0 Å². The average Bonchev–Trinajstić information content (AvgIpc) is 2.39. The average molecular weight is 244 g/mol. The van der Waals surface area contributed by atoms with Crippen LogP contribution in [-0.4, -0.2) is 12.1 Å². The van der Waals surface area contributed by atoms with Gasteiger partial charge in [0, 0.05) is 0 Å². The van der Waals surface area contributed by atoms with Crippen LogP contribution in [0.4, 0.5) is 5.82 Å². The SMILES string of the molecule is COc1cccc(COCc2cccc(N)n2)c1. The number of ether oxygens (including phenoxy) is 2. The third-order valence-corrected chi connectivity index (χ3v) is 2.48. The van der Waals surface area contributed by atoms with Gasteiger partial charge >= 0.3 is 0 Å². The Morgan fingerprint density at radius 3 is 2.72 bits per heavy atom. The summed E-state index contributed by atoms with van der Waals surface area (Å²) < 4.78 is 10.7. The predicted octanol–water partition coefficient (Wildman–Crippen LogP) is 2.39. The number of hydrogen-bond donors (Lipinski definition) is 1. The molecule has 0 atom stereocenters. The summed E-state index contributed by atoms with van der Waals surface area (Å²) in [4.78, 5) is 4.17. The number of nitrogens with zero attached hydrogens (tertiary/aromatic N) is 1. The Bertz CT molecular complexity index is 515. The van der Waals surface area contributed by atoms with Crippen LogP contribution in [0.2, 0.25) is 0 Å². The minimum atomic E-state index is 0.447. The topological polar surface area (TPSA) is 57.4 Å². The molecule has 1 heterocycles. The molecule has 0 saturated heterocycles. The Morgan fingerprint density at radius 1 is 1.11 bits per heavy atom. The number of nitrogen functional groups attached to an aromatic ring is 1. The van der Waals surface area contributed by atoms with Crippen molar-refractivity contribution in [1.82, 2.24) is 4.98 Å². The van der Waals surface area contributed by atoms with Crippen LogP contribution in [0.3, 0.4) is 0 Å². The lowest BCUT2D eigenvalue weighted by molar-refractivity contribution is 0.104. The van der Waals surface area contributed by atoms with Crippen molar-refractivity contribution in [2.24, 2.45) is 0 Å². The summed E-state index contributed by atoms with van der Waals surface area (Å²) in [5.41, 5.74) is 7.50. The van der Waals surface area contributed by atoms with Gasteiger partial charge in [0.15, 0.2) is 0 Å². The van der Waals surface area contributed by atoms with Crippen molar-refractivity contribution in [3.05, 3.63) is 53.7 Å². The number of anilines is 1. The van der Waals surface area contributed by atoms with Gasteiger partial charge in [-0.05, 0) is 29.8 Å². The van der Waals surface area contributed by atoms with Gasteiger partial charge in [-0.25, -0.2) is 4.98 Å². The highest BCUT2D eigenvalue weighted by Crippen LogP contribution is 2.13. The van der Waals surface area contributed by atoms with E-state index in [0.29, 0.717) is 19.0 Å². The summed E-state index contributed by atoms with van der Waals surface area (Å²) in [5.74, 6) is 1.34. The minimum Gasteiger partial charge on any atom is -0.497 e. The molecule has 0 saturated carbocycles. The van der Waals surface area contributed by atoms with E-state index in [0.717, 1.165) is 17.0 Å². The van der Waals surface area contributed by atoms with Gasteiger partial charge in [-0.15, -0.1) is 0 Å². The number of hydrogen-bond acceptors (Lipinski definition) is 4. The van der Waals surface area contributed by atoms with Gasteiger partial charge in [0.1, 0.15) is 11.6 Å². The fraction of sp³-hybridized carbons (Fsp3) is 0.214. The molecule has 2 aromatic rings. The van der Waals surface area contributed by atoms with Gasteiger partial charge in [0.2, 0.25) is 0 Å². The number of rotatable bonds is 5. The quantitative estimate of drug-likeness (QED) is 0.877. The van der Waals surface area contributed by atoms with Crippen molar-refractivity contribution >= 4 is 5.82 Å². The molecule has 0 amide bonds. The molecule has 0 aliphatic heterocycles. The van der Waals surface area contributed by atoms with Gasteiger partial charge in [0.05, 0.1) is 26.0 Å². The van der Waals surface area contributed by atoms with Crippen LogP contribution in [0.15, 0.2) is 42.5 Å². The summed E-state index contributed by atoms with van der Waals surface area (Å²) in [6, 6.07) is 13.3. The second-order valence-corrected chi connectivity index (χ2v) is 3.90. The number of nitrogens with two attached hydrogens (primary N) is 1. The van der Waals surface area contributed by atoms with Crippen LogP contribution in [0, 0.1) is 0 Å². The summed E-state index contributed by atoms with van der Waals surface area (Å²) in [7, 11) is 1.65. The van der Waals surface area contributed by atoms with Crippen molar-refractivity contribution in [2.75, 3.05) is 12.8 Å². The molecule has 4 nitrogen and oxygen atoms in total. The van der Waals surface area contributed by atoms with Gasteiger partial charge < -0.3 is 15.2 Å². The van der Waals surface area contributed by atoms with Gasteiger partial charge in [0.25, 0.3) is 0 Å². The third-order valence-electron chi connectivity index (χ3n) is 2.48. The van der Waals surface area contributed by atoms with Crippen LogP contribution in [0.25, 0.3) is 0 Å². The first kappa shape index (κ1) is 12.4. The van der Waals surface area contributed by atoms with E-state index in [-0.39, 0.29) is 0 Å². The zero-order valence-corrected chi connectivity index (χ0v) is 10.3. The molecule has 2 rings (SSSR count). The molecule has 0 radical (unpaired) electrons. The Hall–Kier alpha value is -2.07. The van der Waals surface area contributed by atoms with Crippen molar-refractivity contribution in [3.63, 3.8) is 0 Å². The maximum atomic E-state index is 5.60. The Labute approximate surface area is 106 Å². The molecule has 0 aliphatic rings. The van der Waals surface area contributed by atoms with E-state index in [1.165, 1.54) is 0 Å². The zero-order chi connectivity index (χ0) is 12.8. The predicted molar refractivity (Wildman–Crippen MR) is 70.1 cm³/mol. The summed E-state index contributed by atoms with van der Waals surface area (Å²) in [6.07, 6.45) is 0. The standard InChI is InChI=1S/C14H16N2O2/c1-17-13-6-2-4-11(8-13)9-18-10-12-5-3-7-14(15)16-12/h2-8H,9-10H2,1H3,(H2,15,16). The van der Waals surface area contributed by atoms with Crippen LogP contribution in [0.5, 0.6) is 5.75 Å². The molecular formula is C14H16N2O2. The van der Waals surface area contributed by atoms with Crippen LogP contribution < -0.4 is 10.5 Å². The Kier molecular flexibility index (Phi) is 4.15. The second kappa shape index (κ2) is 6.02. The number of benzene rings is 1. The normalized spacial score (nSPS) is 10.3. The molecule has 0 aliphatic carbocycles. The van der Waals surface area contributed by atoms with Crippen LogP contribution in [-0.2, 0) is 18.0 Å². The summed E-state index contributed by atoms with van der Waals surface area (Å²) >= 11 is 0. The molecule has 18 heavy (non-hydrogen) atoms. The molecular weight excluding hydrogens is 228 g/mol. The molecule has 2 N–H and O–H groups in total. The lowest BCUT2D eigenvalue weighted by atomic mass is 10.2. The van der Waals surface area contributed by atoms with E-state index >= 15 is 0 Å². The molecule has 0 fully saturated rings. The van der Waals surface area contributed by atoms with Crippen molar-refractivity contribution in [1.29, 1.82) is 0 Å². The molecule has 1 aromatic heterocycles. The molecule has 0 spiro atoms. The number of methoxy groups -OCH3 is 1. The summed E-state index contributed by atoms with van der Waals surface area (Å²) in [5, 5.41) is 0. The van der Waals surface area contributed by atoms with Crippen LogP contribution in [0.1, 0.15) is 11.3 Å². The monoisotopic (exact) mass is 244 g/mol. The van der Waals surface area contributed by atoms with E-state index in [9.17, 15) is 0 Å². The first-order valence-corrected chi connectivity index (χ1v) is 5.70. The summed E-state index contributed by atoms with van der Waals surface area (Å²) in [6.45, 7) is 0.968. The van der Waals surface area contributed by atoms with Gasteiger partial charge in [-0.1, -0.05) is 18.2 Å². The van der Waals surface area contributed by atoms with Crippen molar-refractivity contribution < 1.29 is 9.47 Å². The Balaban J connectivity index is 1.88. The fourth-order valence-electron chi connectivity index (χ4n) is 1.61. The largest absolute Gasteiger partial charge is 0.497 e. The van der Waals surface area contributed by atoms with E-state index < -0.39 is 0 Å². The fourth-order valence-corrected chi connectivity index (χ4v) is 1.61. The first-order valence-electron chi connectivity index (χ1n) is 5.70. The van der Waals surface area contributed by atoms with Gasteiger partial charge in [-0.2, -0.15) is 0 Å². The lowest BCUT2D eigenvalue weighted by Crippen LogP contribution is -1.99. The van der Waals surface area contributed by atoms with Crippen molar-refractivity contribution in [2.45, 2.75) is 13.2 Å². The lowest BCUT2D eigenvalue weighted by Gasteiger charge is -2.06. The first-order chi connectivity index (χ1) is 8.78. The molecule has 94 valence electrons. The van der Waals surface area contributed by atoms with E-state index in [1.807, 2.05) is 36.4 Å². The highest BCUT2D eigenvalue weighted by Gasteiger charge is 1.98. The number of pyridine rings is 1. The van der Waals surface area contributed by atoms with Crippen molar-refractivity contribution in [3.8, 4) is 5.75 Å². The molecule has 0 bridgehead atoms. The van der Waals surface area contributed by atoms with E-state index in [4.69, 9.17) is 15.2 Å². The number of aromatic nitrogens is 1. The Morgan fingerprint density at radius 2 is 1.94 bits per heavy atom. The zero-order valence-electron chi connectivity index (χ0n) is 10.3. The maximum absolute atomic E-state index is 5.60. The highest BCUT2D eigenvalue weighted by atomic mass is 16.5. The third kappa shape index (κ3) is 3.46. The molecule has 0 unspecified atom stereocenters.